The number of hydrogen-bond acceptors (Lipinski definition) is 4. The monoisotopic (exact) mass is 478 g/mol. The second kappa shape index (κ2) is 9.14. The largest absolute Gasteiger partial charge is 0.324 e. The van der Waals surface area contributed by atoms with E-state index in [0.717, 1.165) is 12.1 Å². The lowest BCUT2D eigenvalue weighted by atomic mass is 10.2. The highest BCUT2D eigenvalue weighted by Crippen LogP contribution is 2.20. The molecular weight excluding hydrogens is 461 g/mol. The molecule has 0 aliphatic rings. The topological polar surface area (TPSA) is 75.3 Å². The summed E-state index contributed by atoms with van der Waals surface area (Å²) in [6, 6.07) is 0.976. The first-order valence-corrected chi connectivity index (χ1v) is 10.8. The third kappa shape index (κ3) is 6.51. The molecule has 1 rings (SSSR count). The van der Waals surface area contributed by atoms with Gasteiger partial charge in [0.2, 0.25) is 15.9 Å². The van der Waals surface area contributed by atoms with Gasteiger partial charge in [-0.2, -0.15) is 11.8 Å². The van der Waals surface area contributed by atoms with Crippen LogP contribution in [0.15, 0.2) is 12.1 Å². The Balaban J connectivity index is 2.92. The van der Waals surface area contributed by atoms with Crippen LogP contribution in [0.25, 0.3) is 0 Å². The Morgan fingerprint density at radius 3 is 2.39 bits per heavy atom. The zero-order valence-electron chi connectivity index (χ0n) is 12.5. The van der Waals surface area contributed by atoms with Crippen LogP contribution in [0.5, 0.6) is 0 Å². The zero-order valence-corrected chi connectivity index (χ0v) is 16.3. The van der Waals surface area contributed by atoms with Crippen LogP contribution in [0.4, 0.5) is 14.5 Å². The summed E-state index contributed by atoms with van der Waals surface area (Å²) in [4.78, 5) is 12.2. The minimum Gasteiger partial charge on any atom is -0.324 e. The molecule has 0 aromatic heterocycles. The minimum absolute atomic E-state index is 0.0599. The van der Waals surface area contributed by atoms with Crippen molar-refractivity contribution >= 4 is 56.0 Å². The van der Waals surface area contributed by atoms with Crippen molar-refractivity contribution in [2.45, 2.75) is 19.4 Å². The summed E-state index contributed by atoms with van der Waals surface area (Å²) < 4.78 is 52.5. The molecule has 0 radical (unpaired) electrons. The summed E-state index contributed by atoms with van der Waals surface area (Å²) in [6.07, 6.45) is 2.09. The van der Waals surface area contributed by atoms with Crippen LogP contribution in [0, 0.1) is 15.2 Å². The first kappa shape index (κ1) is 20.6. The number of thioether (sulfide) groups is 1. The third-order valence-electron chi connectivity index (χ3n) is 2.88. The van der Waals surface area contributed by atoms with Gasteiger partial charge in [-0.15, -0.1) is 0 Å². The molecule has 0 aliphatic carbocycles. The standard InChI is InChI=1S/C13H17F2IN2O3S2/c1-3-23(20,21)18-11(4-5-22-2)13(19)17-8-6-9(14)12(16)10(15)7-8/h6-7,11,18H,3-5H2,1-2H3,(H,17,19). The van der Waals surface area contributed by atoms with Gasteiger partial charge in [0.25, 0.3) is 0 Å². The van der Waals surface area contributed by atoms with E-state index in [9.17, 15) is 22.0 Å². The van der Waals surface area contributed by atoms with Crippen LogP contribution in [0.2, 0.25) is 0 Å². The van der Waals surface area contributed by atoms with E-state index < -0.39 is 33.6 Å². The number of amides is 1. The molecule has 0 fully saturated rings. The van der Waals surface area contributed by atoms with E-state index in [1.165, 1.54) is 41.3 Å². The number of anilines is 1. The van der Waals surface area contributed by atoms with E-state index >= 15 is 0 Å². The maximum atomic E-state index is 13.5. The molecule has 1 aromatic rings. The fourth-order valence-corrected chi connectivity index (χ4v) is 3.24. The molecule has 1 unspecified atom stereocenters. The molecule has 130 valence electrons. The van der Waals surface area contributed by atoms with Crippen molar-refractivity contribution in [3.05, 3.63) is 27.3 Å². The predicted octanol–water partition coefficient (Wildman–Crippen LogP) is 2.57. The number of sulfonamides is 1. The summed E-state index contributed by atoms with van der Waals surface area (Å²) in [7, 11) is -3.58. The highest BCUT2D eigenvalue weighted by molar-refractivity contribution is 14.1. The van der Waals surface area contributed by atoms with Crippen molar-refractivity contribution in [2.24, 2.45) is 0 Å². The van der Waals surface area contributed by atoms with E-state index in [4.69, 9.17) is 0 Å². The lowest BCUT2D eigenvalue weighted by Crippen LogP contribution is -2.44. The van der Waals surface area contributed by atoms with Gasteiger partial charge in [-0.05, 0) is 60.1 Å². The quantitative estimate of drug-likeness (QED) is 0.445. The Labute approximate surface area is 152 Å². The average molecular weight is 478 g/mol. The SMILES string of the molecule is CCS(=O)(=O)NC(CCSC)C(=O)Nc1cc(F)c(I)c(F)c1. The number of halogens is 3. The number of rotatable bonds is 8. The van der Waals surface area contributed by atoms with Gasteiger partial charge >= 0.3 is 0 Å². The van der Waals surface area contributed by atoms with E-state index in [1.807, 2.05) is 6.26 Å². The molecule has 10 heteroatoms. The van der Waals surface area contributed by atoms with Gasteiger partial charge in [-0.3, -0.25) is 4.79 Å². The predicted molar refractivity (Wildman–Crippen MR) is 97.1 cm³/mol. The molecule has 2 N–H and O–H groups in total. The highest BCUT2D eigenvalue weighted by Gasteiger charge is 2.23. The van der Waals surface area contributed by atoms with Crippen LogP contribution in [0.1, 0.15) is 13.3 Å². The van der Waals surface area contributed by atoms with Crippen LogP contribution in [-0.4, -0.2) is 38.1 Å². The smallest absolute Gasteiger partial charge is 0.242 e. The summed E-state index contributed by atoms with van der Waals surface area (Å²) in [5.74, 6) is -1.86. The van der Waals surface area contributed by atoms with Crippen molar-refractivity contribution in [1.82, 2.24) is 4.72 Å². The van der Waals surface area contributed by atoms with Crippen LogP contribution < -0.4 is 10.0 Å². The fraction of sp³-hybridized carbons (Fsp3) is 0.462. The van der Waals surface area contributed by atoms with Crippen LogP contribution in [-0.2, 0) is 14.8 Å². The molecule has 5 nitrogen and oxygen atoms in total. The molecule has 1 amide bonds. The van der Waals surface area contributed by atoms with Crippen LogP contribution in [0.3, 0.4) is 0 Å². The molecule has 0 bridgehead atoms. The second-order valence-corrected chi connectivity index (χ2v) is 8.71. The first-order chi connectivity index (χ1) is 10.7. The molecule has 0 saturated heterocycles. The van der Waals surface area contributed by atoms with Crippen molar-refractivity contribution in [1.29, 1.82) is 0 Å². The number of nitrogens with one attached hydrogen (secondary N) is 2. The van der Waals surface area contributed by atoms with Crippen molar-refractivity contribution in [2.75, 3.05) is 23.1 Å². The summed E-state index contributed by atoms with van der Waals surface area (Å²) >= 11 is 2.97. The van der Waals surface area contributed by atoms with E-state index in [-0.39, 0.29) is 21.4 Å². The van der Waals surface area contributed by atoms with Gasteiger partial charge in [0.05, 0.1) is 9.32 Å². The van der Waals surface area contributed by atoms with E-state index in [1.54, 1.807) is 0 Å². The normalized spacial score (nSPS) is 12.9. The maximum absolute atomic E-state index is 13.5. The molecule has 0 heterocycles. The number of hydrogen-bond donors (Lipinski definition) is 2. The number of carbonyl (C=O) groups is 1. The third-order valence-corrected chi connectivity index (χ3v) is 5.96. The molecular formula is C13H17F2IN2O3S2. The Kier molecular flexibility index (Phi) is 8.18. The lowest BCUT2D eigenvalue weighted by Gasteiger charge is -2.18. The zero-order chi connectivity index (χ0) is 17.6. The first-order valence-electron chi connectivity index (χ1n) is 6.64. The Bertz CT molecular complexity index is 648. The van der Waals surface area contributed by atoms with Gasteiger partial charge in [0.1, 0.15) is 17.7 Å². The van der Waals surface area contributed by atoms with E-state index in [0.29, 0.717) is 5.75 Å². The molecule has 1 atom stereocenters. The fourth-order valence-electron chi connectivity index (χ4n) is 1.64. The molecule has 0 aliphatic heterocycles. The van der Waals surface area contributed by atoms with Gasteiger partial charge < -0.3 is 5.32 Å². The summed E-state index contributed by atoms with van der Waals surface area (Å²) in [6.45, 7) is 1.45. The van der Waals surface area contributed by atoms with Gasteiger partial charge in [-0.25, -0.2) is 21.9 Å². The Morgan fingerprint density at radius 2 is 1.91 bits per heavy atom. The van der Waals surface area contributed by atoms with Gasteiger partial charge in [0, 0.05) is 5.69 Å². The Hall–Kier alpha value is -0.460. The van der Waals surface area contributed by atoms with Crippen molar-refractivity contribution in [3.63, 3.8) is 0 Å². The molecule has 0 spiro atoms. The van der Waals surface area contributed by atoms with Crippen LogP contribution >= 0.6 is 34.4 Å². The Morgan fingerprint density at radius 1 is 1.35 bits per heavy atom. The van der Waals surface area contributed by atoms with Crippen molar-refractivity contribution < 1.29 is 22.0 Å². The summed E-state index contributed by atoms with van der Waals surface area (Å²) in [5, 5.41) is 2.35. The lowest BCUT2D eigenvalue weighted by molar-refractivity contribution is -0.117. The molecule has 23 heavy (non-hydrogen) atoms. The second-order valence-electron chi connectivity index (χ2n) is 4.60. The van der Waals surface area contributed by atoms with E-state index in [2.05, 4.69) is 10.0 Å². The molecule has 1 aromatic carbocycles. The van der Waals surface area contributed by atoms with Gasteiger partial charge in [0.15, 0.2) is 0 Å². The van der Waals surface area contributed by atoms with Gasteiger partial charge in [-0.1, -0.05) is 0 Å². The average Bonchev–Trinajstić information content (AvgIpc) is 2.48. The van der Waals surface area contributed by atoms with Crippen molar-refractivity contribution in [3.8, 4) is 0 Å². The molecule has 0 saturated carbocycles. The summed E-state index contributed by atoms with van der Waals surface area (Å²) in [5.41, 5.74) is -0.0599. The maximum Gasteiger partial charge on any atom is 0.242 e. The number of carbonyl (C=O) groups excluding carboxylic acids is 1. The highest BCUT2D eigenvalue weighted by atomic mass is 127. The number of benzene rings is 1. The minimum atomic E-state index is -3.58.